The third-order valence-corrected chi connectivity index (χ3v) is 4.51. The second-order valence-electron chi connectivity index (χ2n) is 6.42. The van der Waals surface area contributed by atoms with E-state index in [2.05, 4.69) is 20.0 Å². The van der Waals surface area contributed by atoms with Crippen molar-refractivity contribution in [2.45, 2.75) is 25.3 Å². The highest BCUT2D eigenvalue weighted by Crippen LogP contribution is 2.27. The van der Waals surface area contributed by atoms with Gasteiger partial charge in [0.15, 0.2) is 5.82 Å². The number of likely N-dealkylation sites (tertiary alicyclic amines) is 1. The molecule has 6 heteroatoms. The molecule has 1 saturated heterocycles. The number of hydrogen-bond donors (Lipinski definition) is 1. The van der Waals surface area contributed by atoms with Gasteiger partial charge in [0.1, 0.15) is 11.4 Å². The van der Waals surface area contributed by atoms with Crippen LogP contribution in [0.4, 0.5) is 0 Å². The summed E-state index contributed by atoms with van der Waals surface area (Å²) in [5.41, 5.74) is 1.82. The molecule has 1 atom stereocenters. The maximum atomic E-state index is 9.63. The summed E-state index contributed by atoms with van der Waals surface area (Å²) in [6, 6.07) is 13.1. The van der Waals surface area contributed by atoms with E-state index in [0.29, 0.717) is 17.3 Å². The van der Waals surface area contributed by atoms with Gasteiger partial charge < -0.3 is 9.63 Å². The van der Waals surface area contributed by atoms with Crippen LogP contribution in [0.25, 0.3) is 11.6 Å². The lowest BCUT2D eigenvalue weighted by atomic mass is 9.97. The van der Waals surface area contributed by atoms with Crippen molar-refractivity contribution < 1.29 is 9.63 Å². The van der Waals surface area contributed by atoms with E-state index in [0.717, 1.165) is 43.9 Å². The highest BCUT2D eigenvalue weighted by molar-refractivity contribution is 5.45. The topological polar surface area (TPSA) is 75.3 Å². The summed E-state index contributed by atoms with van der Waals surface area (Å²) in [5, 5.41) is 13.8. The Bertz CT molecular complexity index is 834. The molecule has 1 fully saturated rings. The second-order valence-corrected chi connectivity index (χ2v) is 6.42. The molecule has 1 aliphatic heterocycles. The summed E-state index contributed by atoms with van der Waals surface area (Å²) in [4.78, 5) is 11.2. The van der Waals surface area contributed by atoms with Crippen molar-refractivity contribution in [2.24, 2.45) is 0 Å². The van der Waals surface area contributed by atoms with Crippen LogP contribution in [0, 0.1) is 0 Å². The van der Waals surface area contributed by atoms with E-state index in [-0.39, 0.29) is 5.92 Å². The lowest BCUT2D eigenvalue weighted by Gasteiger charge is -2.31. The first-order chi connectivity index (χ1) is 12.3. The molecule has 0 saturated carbocycles. The van der Waals surface area contributed by atoms with Crippen LogP contribution in [0.2, 0.25) is 0 Å². The molecule has 1 N–H and O–H groups in total. The van der Waals surface area contributed by atoms with Crippen molar-refractivity contribution in [1.29, 1.82) is 0 Å². The number of rotatable bonds is 4. The molecule has 3 aromatic rings. The van der Waals surface area contributed by atoms with Crippen molar-refractivity contribution in [1.82, 2.24) is 20.0 Å². The van der Waals surface area contributed by atoms with E-state index < -0.39 is 0 Å². The van der Waals surface area contributed by atoms with Crippen molar-refractivity contribution in [2.75, 3.05) is 13.1 Å². The van der Waals surface area contributed by atoms with Crippen LogP contribution < -0.4 is 0 Å². The fourth-order valence-corrected chi connectivity index (χ4v) is 3.32. The molecule has 0 aliphatic carbocycles. The van der Waals surface area contributed by atoms with E-state index >= 15 is 0 Å². The van der Waals surface area contributed by atoms with Gasteiger partial charge in [-0.2, -0.15) is 4.98 Å². The van der Waals surface area contributed by atoms with Crippen LogP contribution in [-0.2, 0) is 6.54 Å². The number of nitrogens with zero attached hydrogens (tertiary/aromatic N) is 4. The average molecular weight is 336 g/mol. The van der Waals surface area contributed by atoms with E-state index in [1.54, 1.807) is 12.3 Å². The molecule has 3 heterocycles. The van der Waals surface area contributed by atoms with Gasteiger partial charge in [-0.25, -0.2) is 0 Å². The van der Waals surface area contributed by atoms with E-state index in [4.69, 9.17) is 4.52 Å². The van der Waals surface area contributed by atoms with Crippen LogP contribution in [0.3, 0.4) is 0 Å². The monoisotopic (exact) mass is 336 g/mol. The largest absolute Gasteiger partial charge is 0.508 e. The van der Waals surface area contributed by atoms with Gasteiger partial charge in [0.05, 0.1) is 0 Å². The normalized spacial score (nSPS) is 18.3. The van der Waals surface area contributed by atoms with Gasteiger partial charge in [-0.3, -0.25) is 9.88 Å². The highest BCUT2D eigenvalue weighted by atomic mass is 16.5. The Morgan fingerprint density at radius 2 is 2.16 bits per heavy atom. The molecule has 2 aromatic heterocycles. The summed E-state index contributed by atoms with van der Waals surface area (Å²) in [7, 11) is 0. The van der Waals surface area contributed by atoms with Crippen LogP contribution in [0.15, 0.2) is 53.2 Å². The smallest absolute Gasteiger partial charge is 0.276 e. The van der Waals surface area contributed by atoms with Crippen LogP contribution in [0.1, 0.15) is 30.1 Å². The van der Waals surface area contributed by atoms with Gasteiger partial charge in [0, 0.05) is 25.2 Å². The third-order valence-electron chi connectivity index (χ3n) is 4.51. The molecule has 1 aromatic carbocycles. The van der Waals surface area contributed by atoms with Crippen LogP contribution in [-0.4, -0.2) is 38.2 Å². The Hall–Kier alpha value is -2.73. The lowest BCUT2D eigenvalue weighted by molar-refractivity contribution is 0.194. The second kappa shape index (κ2) is 7.03. The molecule has 128 valence electrons. The summed E-state index contributed by atoms with van der Waals surface area (Å²) in [5.74, 6) is 1.79. The zero-order valence-corrected chi connectivity index (χ0v) is 13.9. The highest BCUT2D eigenvalue weighted by Gasteiger charge is 2.26. The average Bonchev–Trinajstić information content (AvgIpc) is 3.13. The summed E-state index contributed by atoms with van der Waals surface area (Å²) >= 11 is 0. The molecule has 0 amide bonds. The number of aromatic hydroxyl groups is 1. The molecule has 1 unspecified atom stereocenters. The van der Waals surface area contributed by atoms with Crippen molar-refractivity contribution in [3.8, 4) is 17.3 Å². The minimum atomic E-state index is 0.257. The number of benzene rings is 1. The predicted octanol–water partition coefficient (Wildman–Crippen LogP) is 3.22. The van der Waals surface area contributed by atoms with Gasteiger partial charge in [-0.1, -0.05) is 23.4 Å². The van der Waals surface area contributed by atoms with Gasteiger partial charge in [-0.15, -0.1) is 0 Å². The van der Waals surface area contributed by atoms with Crippen molar-refractivity contribution >= 4 is 0 Å². The van der Waals surface area contributed by atoms with Gasteiger partial charge in [0.2, 0.25) is 0 Å². The molecule has 1 aliphatic rings. The van der Waals surface area contributed by atoms with E-state index in [1.807, 2.05) is 36.4 Å². The number of aromatic nitrogens is 3. The predicted molar refractivity (Wildman–Crippen MR) is 92.9 cm³/mol. The molecule has 0 spiro atoms. The quantitative estimate of drug-likeness (QED) is 0.788. The standard InChI is InChI=1S/C19H20N4O2/c24-16-7-3-5-14(11-16)12-23-10-4-6-15(13-23)18-21-19(25-22-18)17-8-1-2-9-20-17/h1-3,5,7-9,11,15,24H,4,6,10,12-13H2. The third kappa shape index (κ3) is 3.69. The Morgan fingerprint density at radius 1 is 1.20 bits per heavy atom. The van der Waals surface area contributed by atoms with Crippen LogP contribution >= 0.6 is 0 Å². The summed E-state index contributed by atoms with van der Waals surface area (Å²) < 4.78 is 5.40. The number of phenolic OH excluding ortho intramolecular Hbond substituents is 1. The first kappa shape index (κ1) is 15.8. The van der Waals surface area contributed by atoms with Crippen molar-refractivity contribution in [3.05, 3.63) is 60.0 Å². The molecule has 4 rings (SSSR count). The molecule has 6 nitrogen and oxygen atoms in total. The lowest BCUT2D eigenvalue weighted by Crippen LogP contribution is -2.34. The minimum Gasteiger partial charge on any atom is -0.508 e. The molecule has 0 bridgehead atoms. The Morgan fingerprint density at radius 3 is 3.00 bits per heavy atom. The minimum absolute atomic E-state index is 0.257. The number of hydrogen-bond acceptors (Lipinski definition) is 6. The molecular weight excluding hydrogens is 316 g/mol. The van der Waals surface area contributed by atoms with Gasteiger partial charge in [0.25, 0.3) is 5.89 Å². The van der Waals surface area contributed by atoms with Crippen LogP contribution in [0.5, 0.6) is 5.75 Å². The Labute approximate surface area is 146 Å². The number of piperidine rings is 1. The first-order valence-corrected chi connectivity index (χ1v) is 8.53. The maximum absolute atomic E-state index is 9.63. The number of phenols is 1. The molecule has 25 heavy (non-hydrogen) atoms. The van der Waals surface area contributed by atoms with Gasteiger partial charge >= 0.3 is 0 Å². The SMILES string of the molecule is Oc1cccc(CN2CCCC(c3noc(-c4ccccn4)n3)C2)c1. The maximum Gasteiger partial charge on any atom is 0.276 e. The summed E-state index contributed by atoms with van der Waals surface area (Å²) in [6.07, 6.45) is 3.87. The molecular formula is C19H20N4O2. The summed E-state index contributed by atoms with van der Waals surface area (Å²) in [6.45, 7) is 2.74. The van der Waals surface area contributed by atoms with E-state index in [9.17, 15) is 5.11 Å². The van der Waals surface area contributed by atoms with Crippen molar-refractivity contribution in [3.63, 3.8) is 0 Å². The first-order valence-electron chi connectivity index (χ1n) is 8.53. The zero-order chi connectivity index (χ0) is 17.1. The molecule has 0 radical (unpaired) electrons. The van der Waals surface area contributed by atoms with Gasteiger partial charge in [-0.05, 0) is 49.2 Å². The van der Waals surface area contributed by atoms with E-state index in [1.165, 1.54) is 0 Å². The zero-order valence-electron chi connectivity index (χ0n) is 13.9. The fraction of sp³-hybridized carbons (Fsp3) is 0.316. The Balaban J connectivity index is 1.45. The Kier molecular flexibility index (Phi) is 4.43. The number of pyridine rings is 1. The fourth-order valence-electron chi connectivity index (χ4n) is 3.32.